The second kappa shape index (κ2) is 7.39. The second-order valence-corrected chi connectivity index (χ2v) is 8.26. The summed E-state index contributed by atoms with van der Waals surface area (Å²) in [6.07, 6.45) is 2.67. The minimum Gasteiger partial charge on any atom is -0.481 e. The lowest BCUT2D eigenvalue weighted by molar-refractivity contribution is -0.149. The van der Waals surface area contributed by atoms with Crippen molar-refractivity contribution in [3.05, 3.63) is 30.3 Å². The largest absolute Gasteiger partial charge is 0.481 e. The number of fused-ring (bicyclic) bond motifs is 1. The van der Waals surface area contributed by atoms with E-state index in [0.29, 0.717) is 19.6 Å². The van der Waals surface area contributed by atoms with Crippen molar-refractivity contribution in [2.45, 2.75) is 24.2 Å². The molecule has 0 bridgehead atoms. The van der Waals surface area contributed by atoms with Crippen LogP contribution < -0.4 is 4.72 Å². The van der Waals surface area contributed by atoms with E-state index in [2.05, 4.69) is 9.62 Å². The van der Waals surface area contributed by atoms with E-state index in [-0.39, 0.29) is 23.2 Å². The number of carboxylic acid groups (broad SMARTS) is 1. The molecule has 1 aromatic rings. The van der Waals surface area contributed by atoms with Crippen LogP contribution >= 0.6 is 12.4 Å². The molecule has 0 aromatic heterocycles. The quantitative estimate of drug-likeness (QED) is 0.789. The van der Waals surface area contributed by atoms with E-state index in [1.54, 1.807) is 30.3 Å². The minimum absolute atomic E-state index is 0. The molecule has 1 saturated carbocycles. The molecule has 24 heavy (non-hydrogen) atoms. The molecule has 2 atom stereocenters. The van der Waals surface area contributed by atoms with Crippen molar-refractivity contribution < 1.29 is 18.3 Å². The number of likely N-dealkylation sites (tertiary alicyclic amines) is 1. The number of aliphatic carboxylic acids is 1. The topological polar surface area (TPSA) is 86.7 Å². The van der Waals surface area contributed by atoms with Crippen LogP contribution in [0.2, 0.25) is 0 Å². The summed E-state index contributed by atoms with van der Waals surface area (Å²) in [7, 11) is -3.50. The van der Waals surface area contributed by atoms with Crippen LogP contribution in [0, 0.1) is 11.3 Å². The fraction of sp³-hybridized carbons (Fsp3) is 0.562. The maximum Gasteiger partial charge on any atom is 0.311 e. The molecule has 0 spiro atoms. The summed E-state index contributed by atoms with van der Waals surface area (Å²) in [5, 5.41) is 9.56. The highest BCUT2D eigenvalue weighted by Gasteiger charge is 2.54. The molecule has 2 N–H and O–H groups in total. The van der Waals surface area contributed by atoms with Crippen LogP contribution in [-0.2, 0) is 14.8 Å². The molecule has 1 heterocycles. The van der Waals surface area contributed by atoms with E-state index in [4.69, 9.17) is 0 Å². The average Bonchev–Trinajstić information content (AvgIpc) is 3.06. The van der Waals surface area contributed by atoms with Crippen LogP contribution in [0.15, 0.2) is 35.2 Å². The van der Waals surface area contributed by atoms with Crippen molar-refractivity contribution in [3.8, 4) is 0 Å². The zero-order valence-electron chi connectivity index (χ0n) is 13.3. The molecule has 0 amide bonds. The summed E-state index contributed by atoms with van der Waals surface area (Å²) in [6.45, 7) is 2.11. The lowest BCUT2D eigenvalue weighted by Gasteiger charge is -2.23. The maximum absolute atomic E-state index is 12.1. The molecular formula is C16H23ClN2O4S. The third-order valence-corrected chi connectivity index (χ3v) is 6.62. The van der Waals surface area contributed by atoms with Crippen molar-refractivity contribution in [1.29, 1.82) is 0 Å². The van der Waals surface area contributed by atoms with Crippen LogP contribution in [0.1, 0.15) is 19.3 Å². The highest BCUT2D eigenvalue weighted by atomic mass is 35.5. The number of hydrogen-bond donors (Lipinski definition) is 2. The predicted octanol–water partition coefficient (Wildman–Crippen LogP) is 1.57. The van der Waals surface area contributed by atoms with Crippen LogP contribution in [0.4, 0.5) is 0 Å². The smallest absolute Gasteiger partial charge is 0.311 e. The lowest BCUT2D eigenvalue weighted by atomic mass is 9.81. The Labute approximate surface area is 148 Å². The van der Waals surface area contributed by atoms with Crippen LogP contribution in [-0.4, -0.2) is 50.6 Å². The van der Waals surface area contributed by atoms with Crippen molar-refractivity contribution in [3.63, 3.8) is 0 Å². The molecule has 1 aliphatic carbocycles. The molecule has 2 fully saturated rings. The first-order valence-corrected chi connectivity index (χ1v) is 9.43. The van der Waals surface area contributed by atoms with Gasteiger partial charge in [0.1, 0.15) is 0 Å². The Kier molecular flexibility index (Phi) is 5.91. The van der Waals surface area contributed by atoms with Gasteiger partial charge in [-0.25, -0.2) is 13.1 Å². The van der Waals surface area contributed by atoms with Gasteiger partial charge in [-0.2, -0.15) is 0 Å². The molecule has 3 rings (SSSR count). The first-order chi connectivity index (χ1) is 10.9. The molecule has 0 unspecified atom stereocenters. The molecular weight excluding hydrogens is 352 g/mol. The Morgan fingerprint density at radius 3 is 2.67 bits per heavy atom. The van der Waals surface area contributed by atoms with Gasteiger partial charge >= 0.3 is 5.97 Å². The Morgan fingerprint density at radius 1 is 1.33 bits per heavy atom. The van der Waals surface area contributed by atoms with E-state index in [1.807, 2.05) is 0 Å². The Hall–Kier alpha value is -1.15. The number of sulfonamides is 1. The molecule has 6 nitrogen and oxygen atoms in total. The van der Waals surface area contributed by atoms with Crippen molar-refractivity contribution >= 4 is 28.4 Å². The van der Waals surface area contributed by atoms with Gasteiger partial charge in [-0.3, -0.25) is 4.79 Å². The van der Waals surface area contributed by atoms with Gasteiger partial charge in [-0.15, -0.1) is 12.4 Å². The van der Waals surface area contributed by atoms with Crippen molar-refractivity contribution in [1.82, 2.24) is 9.62 Å². The van der Waals surface area contributed by atoms with Gasteiger partial charge < -0.3 is 10.0 Å². The average molecular weight is 375 g/mol. The molecule has 2 aliphatic rings. The summed E-state index contributed by atoms with van der Waals surface area (Å²) in [5.41, 5.74) is -0.613. The lowest BCUT2D eigenvalue weighted by Crippen LogP contribution is -2.38. The fourth-order valence-corrected chi connectivity index (χ4v) is 4.98. The van der Waals surface area contributed by atoms with Crippen molar-refractivity contribution in [2.24, 2.45) is 11.3 Å². The van der Waals surface area contributed by atoms with Gasteiger partial charge in [0.15, 0.2) is 0 Å². The number of benzene rings is 1. The minimum atomic E-state index is -3.50. The number of nitrogens with zero attached hydrogens (tertiary/aromatic N) is 1. The zero-order chi connectivity index (χ0) is 16.5. The highest BCUT2D eigenvalue weighted by molar-refractivity contribution is 7.89. The monoisotopic (exact) mass is 374 g/mol. The summed E-state index contributed by atoms with van der Waals surface area (Å²) >= 11 is 0. The fourth-order valence-electron chi connectivity index (χ4n) is 3.93. The second-order valence-electron chi connectivity index (χ2n) is 6.50. The number of carboxylic acids is 1. The van der Waals surface area contributed by atoms with Gasteiger partial charge in [0.05, 0.1) is 10.3 Å². The molecule has 1 aliphatic heterocycles. The predicted molar refractivity (Wildman–Crippen MR) is 92.7 cm³/mol. The number of hydrogen-bond acceptors (Lipinski definition) is 4. The molecule has 0 radical (unpaired) electrons. The standard InChI is InChI=1S/C16H22N2O4S.ClH/c19-15(20)16-8-4-5-13(16)11-18(12-16)10-9-17-23(21,22)14-6-2-1-3-7-14;/h1-3,6-7,13,17H,4-5,8-12H2,(H,19,20);1H/t13-,16+;/m0./s1. The molecule has 1 saturated heterocycles. The third kappa shape index (κ3) is 3.59. The molecule has 8 heteroatoms. The SMILES string of the molecule is Cl.O=C(O)[C@@]12CCC[C@H]1CN(CCNS(=O)(=O)c1ccccc1)C2. The van der Waals surface area contributed by atoms with Gasteiger partial charge in [0, 0.05) is 26.2 Å². The van der Waals surface area contributed by atoms with E-state index in [1.165, 1.54) is 0 Å². The summed E-state index contributed by atoms with van der Waals surface area (Å²) in [4.78, 5) is 14.0. The Bertz CT molecular complexity index is 683. The molecule has 134 valence electrons. The first kappa shape index (κ1) is 19.2. The summed E-state index contributed by atoms with van der Waals surface area (Å²) in [6, 6.07) is 8.26. The first-order valence-electron chi connectivity index (χ1n) is 7.94. The number of halogens is 1. The normalized spacial score (nSPS) is 26.8. The number of rotatable bonds is 6. The highest BCUT2D eigenvalue weighted by Crippen LogP contribution is 2.48. The van der Waals surface area contributed by atoms with Crippen molar-refractivity contribution in [2.75, 3.05) is 26.2 Å². The number of nitrogens with one attached hydrogen (secondary N) is 1. The summed E-state index contributed by atoms with van der Waals surface area (Å²) < 4.78 is 26.9. The molecule has 1 aromatic carbocycles. The van der Waals surface area contributed by atoms with E-state index >= 15 is 0 Å². The van der Waals surface area contributed by atoms with Gasteiger partial charge in [0.25, 0.3) is 0 Å². The Morgan fingerprint density at radius 2 is 2.04 bits per heavy atom. The van der Waals surface area contributed by atoms with Crippen LogP contribution in [0.25, 0.3) is 0 Å². The van der Waals surface area contributed by atoms with Crippen LogP contribution in [0.5, 0.6) is 0 Å². The van der Waals surface area contributed by atoms with Crippen LogP contribution in [0.3, 0.4) is 0 Å². The van der Waals surface area contributed by atoms with Gasteiger partial charge in [0.2, 0.25) is 10.0 Å². The summed E-state index contributed by atoms with van der Waals surface area (Å²) in [5.74, 6) is -0.502. The van der Waals surface area contributed by atoms with E-state index in [9.17, 15) is 18.3 Å². The third-order valence-electron chi connectivity index (χ3n) is 5.14. The van der Waals surface area contributed by atoms with E-state index in [0.717, 1.165) is 25.8 Å². The van der Waals surface area contributed by atoms with Gasteiger partial charge in [-0.1, -0.05) is 24.6 Å². The van der Waals surface area contributed by atoms with Gasteiger partial charge in [-0.05, 0) is 30.9 Å². The Balaban J connectivity index is 0.00000208. The zero-order valence-corrected chi connectivity index (χ0v) is 15.0. The van der Waals surface area contributed by atoms with E-state index < -0.39 is 21.4 Å². The maximum atomic E-state index is 12.1. The number of carbonyl (C=O) groups is 1.